The molecular formula is C19H19NO2. The standard InChI is InChI=1S/C19H19NO2/c21-19(11-10-15-6-2-1-3-7-15)20-13-12-17-14-16-8-4-5-9-18(16)22-17/h1-9,14H,10-13H2,(H,20,21). The summed E-state index contributed by atoms with van der Waals surface area (Å²) in [6, 6.07) is 20.0. The molecular weight excluding hydrogens is 274 g/mol. The zero-order valence-corrected chi connectivity index (χ0v) is 12.4. The van der Waals surface area contributed by atoms with Gasteiger partial charge in [0, 0.05) is 24.8 Å². The number of carbonyl (C=O) groups excluding carboxylic acids is 1. The van der Waals surface area contributed by atoms with Gasteiger partial charge in [0.15, 0.2) is 0 Å². The van der Waals surface area contributed by atoms with Crippen molar-refractivity contribution in [2.24, 2.45) is 0 Å². The Bertz CT molecular complexity index is 713. The van der Waals surface area contributed by atoms with Crippen LogP contribution in [0.1, 0.15) is 17.7 Å². The minimum absolute atomic E-state index is 0.0833. The first kappa shape index (κ1) is 14.4. The van der Waals surface area contributed by atoms with Gasteiger partial charge in [0.05, 0.1) is 0 Å². The van der Waals surface area contributed by atoms with E-state index in [1.165, 1.54) is 5.56 Å². The Morgan fingerprint density at radius 3 is 2.55 bits per heavy atom. The van der Waals surface area contributed by atoms with E-state index >= 15 is 0 Å². The third-order valence-electron chi connectivity index (χ3n) is 3.65. The fourth-order valence-corrected chi connectivity index (χ4v) is 2.48. The van der Waals surface area contributed by atoms with Crippen LogP contribution in [0, 0.1) is 0 Å². The lowest BCUT2D eigenvalue weighted by Crippen LogP contribution is -2.25. The summed E-state index contributed by atoms with van der Waals surface area (Å²) in [6.45, 7) is 0.605. The highest BCUT2D eigenvalue weighted by Gasteiger charge is 2.05. The molecule has 3 rings (SSSR count). The van der Waals surface area contributed by atoms with Crippen LogP contribution in [0.25, 0.3) is 11.0 Å². The third-order valence-corrected chi connectivity index (χ3v) is 3.65. The Balaban J connectivity index is 1.43. The largest absolute Gasteiger partial charge is 0.461 e. The van der Waals surface area contributed by atoms with Gasteiger partial charge in [0.2, 0.25) is 5.91 Å². The van der Waals surface area contributed by atoms with Gasteiger partial charge in [-0.25, -0.2) is 0 Å². The molecule has 0 saturated heterocycles. The van der Waals surface area contributed by atoms with E-state index in [1.54, 1.807) is 0 Å². The molecule has 3 heteroatoms. The second kappa shape index (κ2) is 6.94. The van der Waals surface area contributed by atoms with E-state index in [1.807, 2.05) is 60.7 Å². The summed E-state index contributed by atoms with van der Waals surface area (Å²) in [4.78, 5) is 11.8. The van der Waals surface area contributed by atoms with Crippen molar-refractivity contribution in [3.63, 3.8) is 0 Å². The number of fused-ring (bicyclic) bond motifs is 1. The first-order valence-electron chi connectivity index (χ1n) is 7.59. The van der Waals surface area contributed by atoms with Gasteiger partial charge in [-0.2, -0.15) is 0 Å². The lowest BCUT2D eigenvalue weighted by molar-refractivity contribution is -0.121. The highest BCUT2D eigenvalue weighted by molar-refractivity contribution is 5.78. The van der Waals surface area contributed by atoms with Crippen LogP contribution < -0.4 is 5.32 Å². The molecule has 0 radical (unpaired) electrons. The molecule has 0 spiro atoms. The Hall–Kier alpha value is -2.55. The topological polar surface area (TPSA) is 42.2 Å². The van der Waals surface area contributed by atoms with E-state index in [0.717, 1.165) is 23.2 Å². The number of carbonyl (C=O) groups is 1. The molecule has 2 aromatic carbocycles. The van der Waals surface area contributed by atoms with Gasteiger partial charge in [-0.05, 0) is 24.1 Å². The summed E-state index contributed by atoms with van der Waals surface area (Å²) in [5.41, 5.74) is 2.09. The third kappa shape index (κ3) is 3.76. The van der Waals surface area contributed by atoms with Crippen molar-refractivity contribution in [1.29, 1.82) is 0 Å². The molecule has 0 aliphatic rings. The van der Waals surface area contributed by atoms with E-state index in [9.17, 15) is 4.79 Å². The number of amides is 1. The molecule has 112 valence electrons. The maximum Gasteiger partial charge on any atom is 0.220 e. The fourth-order valence-electron chi connectivity index (χ4n) is 2.48. The van der Waals surface area contributed by atoms with Crippen molar-refractivity contribution in [1.82, 2.24) is 5.32 Å². The van der Waals surface area contributed by atoms with Crippen molar-refractivity contribution in [2.45, 2.75) is 19.3 Å². The molecule has 22 heavy (non-hydrogen) atoms. The quantitative estimate of drug-likeness (QED) is 0.752. The van der Waals surface area contributed by atoms with E-state index in [4.69, 9.17) is 4.42 Å². The molecule has 1 N–H and O–H groups in total. The monoisotopic (exact) mass is 293 g/mol. The smallest absolute Gasteiger partial charge is 0.220 e. The van der Waals surface area contributed by atoms with Crippen molar-refractivity contribution in [3.8, 4) is 0 Å². The molecule has 0 aliphatic carbocycles. The summed E-state index contributed by atoms with van der Waals surface area (Å²) in [5, 5.41) is 4.05. The van der Waals surface area contributed by atoms with Gasteiger partial charge in [-0.1, -0.05) is 48.5 Å². The van der Waals surface area contributed by atoms with Crippen molar-refractivity contribution < 1.29 is 9.21 Å². The molecule has 0 bridgehead atoms. The summed E-state index contributed by atoms with van der Waals surface area (Å²) in [6.07, 6.45) is 2.01. The van der Waals surface area contributed by atoms with Gasteiger partial charge >= 0.3 is 0 Å². The number of para-hydroxylation sites is 1. The van der Waals surface area contributed by atoms with Gasteiger partial charge in [-0.15, -0.1) is 0 Å². The zero-order chi connectivity index (χ0) is 15.2. The molecule has 0 unspecified atom stereocenters. The maximum absolute atomic E-state index is 11.8. The number of hydrogen-bond acceptors (Lipinski definition) is 2. The predicted octanol–water partition coefficient (Wildman–Crippen LogP) is 3.72. The lowest BCUT2D eigenvalue weighted by Gasteiger charge is -2.04. The Morgan fingerprint density at radius 1 is 0.955 bits per heavy atom. The molecule has 0 fully saturated rings. The van der Waals surface area contributed by atoms with Crippen LogP contribution in [-0.2, 0) is 17.6 Å². The summed E-state index contributed by atoms with van der Waals surface area (Å²) in [7, 11) is 0. The maximum atomic E-state index is 11.8. The van der Waals surface area contributed by atoms with Crippen LogP contribution in [-0.4, -0.2) is 12.5 Å². The number of furan rings is 1. The molecule has 3 nitrogen and oxygen atoms in total. The van der Waals surface area contributed by atoms with Gasteiger partial charge in [-0.3, -0.25) is 4.79 Å². The number of rotatable bonds is 6. The number of benzene rings is 2. The molecule has 0 atom stereocenters. The zero-order valence-electron chi connectivity index (χ0n) is 12.4. The Morgan fingerprint density at radius 2 is 1.73 bits per heavy atom. The minimum atomic E-state index is 0.0833. The second-order valence-corrected chi connectivity index (χ2v) is 5.34. The average Bonchev–Trinajstić information content (AvgIpc) is 2.96. The predicted molar refractivity (Wildman–Crippen MR) is 87.7 cm³/mol. The Kier molecular flexibility index (Phi) is 4.54. The summed E-state index contributed by atoms with van der Waals surface area (Å²) < 4.78 is 5.73. The SMILES string of the molecule is O=C(CCc1ccccc1)NCCc1cc2ccccc2o1. The first-order chi connectivity index (χ1) is 10.8. The summed E-state index contributed by atoms with van der Waals surface area (Å²) in [5.74, 6) is 0.990. The normalized spacial score (nSPS) is 10.7. The van der Waals surface area contributed by atoms with E-state index < -0.39 is 0 Å². The van der Waals surface area contributed by atoms with Crippen LogP contribution in [0.4, 0.5) is 0 Å². The highest BCUT2D eigenvalue weighted by atomic mass is 16.3. The fraction of sp³-hybridized carbons (Fsp3) is 0.211. The van der Waals surface area contributed by atoms with Gasteiger partial charge < -0.3 is 9.73 Å². The lowest BCUT2D eigenvalue weighted by atomic mass is 10.1. The van der Waals surface area contributed by atoms with Crippen molar-refractivity contribution >= 4 is 16.9 Å². The molecule has 0 saturated carbocycles. The minimum Gasteiger partial charge on any atom is -0.461 e. The van der Waals surface area contributed by atoms with Crippen molar-refractivity contribution in [2.75, 3.05) is 6.54 Å². The average molecular weight is 293 g/mol. The molecule has 1 heterocycles. The first-order valence-corrected chi connectivity index (χ1v) is 7.59. The van der Waals surface area contributed by atoms with E-state index in [2.05, 4.69) is 5.32 Å². The molecule has 1 aromatic heterocycles. The number of nitrogens with one attached hydrogen (secondary N) is 1. The molecule has 1 amide bonds. The number of hydrogen-bond donors (Lipinski definition) is 1. The number of aryl methyl sites for hydroxylation is 1. The molecule has 0 aliphatic heterocycles. The van der Waals surface area contributed by atoms with E-state index in [0.29, 0.717) is 19.4 Å². The highest BCUT2D eigenvalue weighted by Crippen LogP contribution is 2.18. The van der Waals surface area contributed by atoms with E-state index in [-0.39, 0.29) is 5.91 Å². The van der Waals surface area contributed by atoms with Gasteiger partial charge in [0.25, 0.3) is 0 Å². The second-order valence-electron chi connectivity index (χ2n) is 5.34. The van der Waals surface area contributed by atoms with Crippen LogP contribution in [0.2, 0.25) is 0 Å². The van der Waals surface area contributed by atoms with Crippen molar-refractivity contribution in [3.05, 3.63) is 72.0 Å². The van der Waals surface area contributed by atoms with Crippen LogP contribution in [0.3, 0.4) is 0 Å². The van der Waals surface area contributed by atoms with Crippen LogP contribution in [0.5, 0.6) is 0 Å². The van der Waals surface area contributed by atoms with Crippen LogP contribution in [0.15, 0.2) is 65.1 Å². The summed E-state index contributed by atoms with van der Waals surface area (Å²) >= 11 is 0. The Labute approximate surface area is 130 Å². The van der Waals surface area contributed by atoms with Gasteiger partial charge in [0.1, 0.15) is 11.3 Å². The van der Waals surface area contributed by atoms with Crippen LogP contribution >= 0.6 is 0 Å². The molecule has 3 aromatic rings.